The number of nitrogens with zero attached hydrogens (tertiary/aromatic N) is 1. The number of rotatable bonds is 8. The number of halogens is 4. The lowest BCUT2D eigenvalue weighted by Crippen LogP contribution is -2.55. The van der Waals surface area contributed by atoms with Crippen molar-refractivity contribution in [2.75, 3.05) is 23.9 Å². The fourth-order valence-corrected chi connectivity index (χ4v) is 4.29. The monoisotopic (exact) mass is 468 g/mol. The average molecular weight is 469 g/mol. The molecule has 3 aromatic rings. The van der Waals surface area contributed by atoms with Gasteiger partial charge < -0.3 is 15.2 Å². The van der Waals surface area contributed by atoms with Crippen molar-refractivity contribution < 1.29 is 27.4 Å². The molecule has 0 bridgehead atoms. The maximum Gasteiger partial charge on any atom is 0.420 e. The molecule has 0 aliphatic rings. The average Bonchev–Trinajstić information content (AvgIpc) is 2.75. The maximum absolute atomic E-state index is 15.0. The van der Waals surface area contributed by atoms with Crippen LogP contribution in [0.4, 0.5) is 23.2 Å². The molecule has 0 fully saturated rings. The number of aryl methyl sites for hydroxylation is 1. The molecule has 2 aromatic carbocycles. The number of thioether (sulfide) groups is 1. The molecule has 0 unspecified atom stereocenters. The van der Waals surface area contributed by atoms with Crippen LogP contribution in [0.25, 0.3) is 10.9 Å². The number of alkyl halides is 3. The van der Waals surface area contributed by atoms with Gasteiger partial charge in [0.1, 0.15) is 11.6 Å². The van der Waals surface area contributed by atoms with Gasteiger partial charge in [0.2, 0.25) is 0 Å². The summed E-state index contributed by atoms with van der Waals surface area (Å²) in [7, 11) is 1.33. The smallest absolute Gasteiger partial charge is 0.420 e. The van der Waals surface area contributed by atoms with Crippen LogP contribution in [-0.2, 0) is 0 Å². The highest BCUT2D eigenvalue weighted by atomic mass is 32.2. The molecule has 0 amide bonds. The number of methoxy groups -OCH3 is 1. The van der Waals surface area contributed by atoms with Gasteiger partial charge in [0.15, 0.2) is 5.60 Å². The Kier molecular flexibility index (Phi) is 7.19. The zero-order valence-electron chi connectivity index (χ0n) is 17.8. The van der Waals surface area contributed by atoms with Crippen molar-refractivity contribution in [3.05, 3.63) is 65.6 Å². The molecule has 172 valence electrons. The van der Waals surface area contributed by atoms with Crippen molar-refractivity contribution in [3.63, 3.8) is 0 Å². The summed E-state index contributed by atoms with van der Waals surface area (Å²) in [6, 6.07) is 10.2. The minimum Gasteiger partial charge on any atom is -0.497 e. The third kappa shape index (κ3) is 4.78. The Morgan fingerprint density at radius 3 is 2.53 bits per heavy atom. The van der Waals surface area contributed by atoms with Crippen molar-refractivity contribution >= 4 is 28.4 Å². The maximum atomic E-state index is 15.0. The Morgan fingerprint density at radius 2 is 1.91 bits per heavy atom. The van der Waals surface area contributed by atoms with Gasteiger partial charge in [0.05, 0.1) is 18.7 Å². The molecule has 4 nitrogen and oxygen atoms in total. The van der Waals surface area contributed by atoms with E-state index >= 15 is 0 Å². The Balaban J connectivity index is 2.19. The minimum absolute atomic E-state index is 0.160. The first kappa shape index (κ1) is 24.1. The Labute approximate surface area is 188 Å². The van der Waals surface area contributed by atoms with E-state index in [-0.39, 0.29) is 11.3 Å². The van der Waals surface area contributed by atoms with Gasteiger partial charge in [-0.1, -0.05) is 19.1 Å². The summed E-state index contributed by atoms with van der Waals surface area (Å²) in [4.78, 5) is 4.40. The van der Waals surface area contributed by atoms with Gasteiger partial charge in [-0.25, -0.2) is 4.39 Å². The molecule has 1 aromatic heterocycles. The van der Waals surface area contributed by atoms with E-state index in [0.29, 0.717) is 22.3 Å². The molecule has 2 atom stereocenters. The number of ether oxygens (including phenoxy) is 1. The second-order valence-corrected chi connectivity index (χ2v) is 8.62. The minimum atomic E-state index is -5.03. The van der Waals surface area contributed by atoms with Gasteiger partial charge in [-0.2, -0.15) is 24.9 Å². The van der Waals surface area contributed by atoms with Crippen molar-refractivity contribution in [2.45, 2.75) is 31.7 Å². The quantitative estimate of drug-likeness (QED) is 0.404. The van der Waals surface area contributed by atoms with Crippen molar-refractivity contribution in [1.82, 2.24) is 4.98 Å². The molecule has 2 N–H and O–H groups in total. The lowest BCUT2D eigenvalue weighted by molar-refractivity contribution is -0.256. The number of fused-ring (bicyclic) bond motifs is 1. The van der Waals surface area contributed by atoms with Crippen molar-refractivity contribution in [3.8, 4) is 5.75 Å². The van der Waals surface area contributed by atoms with Crippen LogP contribution in [0.15, 0.2) is 48.5 Å². The molecule has 0 aliphatic carbocycles. The van der Waals surface area contributed by atoms with Crippen LogP contribution in [0, 0.1) is 12.7 Å². The lowest BCUT2D eigenvalue weighted by atomic mass is 9.88. The van der Waals surface area contributed by atoms with Crippen molar-refractivity contribution in [2.24, 2.45) is 0 Å². The standard InChI is InChI=1S/C23H24F4N2O2S/c1-4-32-13-22(30,23(25,26)27)21(16-11-9-15(31-3)12-18(16)24)29-20-7-5-6-19-17(20)10-8-14(2)28-19/h5-12,21,29-30H,4,13H2,1-3H3/t21-,22+/m0/s1. The highest BCUT2D eigenvalue weighted by Crippen LogP contribution is 2.45. The van der Waals surface area contributed by atoms with Crippen LogP contribution in [0.3, 0.4) is 0 Å². The van der Waals surface area contributed by atoms with Gasteiger partial charge >= 0.3 is 6.18 Å². The molecular weight excluding hydrogens is 444 g/mol. The van der Waals surface area contributed by atoms with Crippen molar-refractivity contribution in [1.29, 1.82) is 0 Å². The molecular formula is C23H24F4N2O2S. The van der Waals surface area contributed by atoms with Gasteiger partial charge in [0, 0.05) is 34.2 Å². The summed E-state index contributed by atoms with van der Waals surface area (Å²) in [6.07, 6.45) is -5.03. The number of pyridine rings is 1. The first-order valence-electron chi connectivity index (χ1n) is 9.94. The van der Waals surface area contributed by atoms with E-state index in [1.54, 1.807) is 44.2 Å². The normalized spacial score (nSPS) is 14.8. The largest absolute Gasteiger partial charge is 0.497 e. The fraction of sp³-hybridized carbons (Fsp3) is 0.348. The van der Waals surface area contributed by atoms with Gasteiger partial charge in [-0.3, -0.25) is 4.98 Å². The van der Waals surface area contributed by atoms with Crippen LogP contribution in [0.2, 0.25) is 0 Å². The predicted molar refractivity (Wildman–Crippen MR) is 120 cm³/mol. The topological polar surface area (TPSA) is 54.4 Å². The molecule has 1 heterocycles. The summed E-state index contributed by atoms with van der Waals surface area (Å²) < 4.78 is 62.7. The van der Waals surface area contributed by atoms with Crippen LogP contribution in [-0.4, -0.2) is 40.5 Å². The SMILES string of the molecule is CCSC[C@@](O)([C@@H](Nc1cccc2nc(C)ccc12)c1ccc(OC)cc1F)C(F)(F)F. The molecule has 32 heavy (non-hydrogen) atoms. The van der Waals surface area contributed by atoms with Gasteiger partial charge in [0.25, 0.3) is 0 Å². The van der Waals surface area contributed by atoms with Gasteiger partial charge in [-0.05, 0) is 43.0 Å². The molecule has 0 saturated heterocycles. The van der Waals surface area contributed by atoms with Crippen LogP contribution >= 0.6 is 11.8 Å². The summed E-state index contributed by atoms with van der Waals surface area (Å²) in [6.45, 7) is 3.50. The third-order valence-corrected chi connectivity index (χ3v) is 6.24. The van der Waals surface area contributed by atoms with E-state index < -0.39 is 29.4 Å². The van der Waals surface area contributed by atoms with E-state index in [2.05, 4.69) is 10.3 Å². The van der Waals surface area contributed by atoms with Crippen LogP contribution in [0.5, 0.6) is 5.75 Å². The predicted octanol–water partition coefficient (Wildman–Crippen LogP) is 5.89. The zero-order chi connectivity index (χ0) is 23.5. The molecule has 9 heteroatoms. The first-order valence-corrected chi connectivity index (χ1v) is 11.1. The van der Waals surface area contributed by atoms with Crippen LogP contribution < -0.4 is 10.1 Å². The summed E-state index contributed by atoms with van der Waals surface area (Å²) in [5.74, 6) is -1.07. The Morgan fingerprint density at radius 1 is 1.16 bits per heavy atom. The number of hydrogen-bond acceptors (Lipinski definition) is 5. The molecule has 0 saturated carbocycles. The van der Waals surface area contributed by atoms with E-state index in [4.69, 9.17) is 4.74 Å². The first-order chi connectivity index (χ1) is 15.1. The molecule has 0 spiro atoms. The second kappa shape index (κ2) is 9.54. The number of nitrogens with one attached hydrogen (secondary N) is 1. The number of aliphatic hydroxyl groups is 1. The third-order valence-electron chi connectivity index (χ3n) is 5.18. The number of anilines is 1. The van der Waals surface area contributed by atoms with E-state index in [0.717, 1.165) is 23.5 Å². The van der Waals surface area contributed by atoms with E-state index in [9.17, 15) is 22.7 Å². The highest BCUT2D eigenvalue weighted by molar-refractivity contribution is 7.99. The molecule has 0 aliphatic heterocycles. The number of aromatic nitrogens is 1. The summed E-state index contributed by atoms with van der Waals surface area (Å²) >= 11 is 0.925. The summed E-state index contributed by atoms with van der Waals surface area (Å²) in [5, 5.41) is 14.3. The highest BCUT2D eigenvalue weighted by Gasteiger charge is 2.59. The second-order valence-electron chi connectivity index (χ2n) is 7.35. The number of benzene rings is 2. The Bertz CT molecular complexity index is 1090. The van der Waals surface area contributed by atoms with Crippen LogP contribution in [0.1, 0.15) is 24.2 Å². The lowest BCUT2D eigenvalue weighted by Gasteiger charge is -2.39. The fourth-order valence-electron chi connectivity index (χ4n) is 3.45. The van der Waals surface area contributed by atoms with E-state index in [1.807, 2.05) is 0 Å². The molecule has 0 radical (unpaired) electrons. The van der Waals surface area contributed by atoms with Gasteiger partial charge in [-0.15, -0.1) is 0 Å². The molecule has 3 rings (SSSR count). The number of hydrogen-bond donors (Lipinski definition) is 2. The summed E-state index contributed by atoms with van der Waals surface area (Å²) in [5.41, 5.74) is -1.94. The van der Waals surface area contributed by atoms with E-state index in [1.165, 1.54) is 19.2 Å². The zero-order valence-corrected chi connectivity index (χ0v) is 18.6. The Hall–Kier alpha value is -2.52.